The van der Waals surface area contributed by atoms with Crippen LogP contribution in [0.2, 0.25) is 0 Å². The molecule has 1 aromatic rings. The highest BCUT2D eigenvalue weighted by Gasteiger charge is 2.24. The molecular weight excluding hydrogens is 218 g/mol. The molecule has 17 heavy (non-hydrogen) atoms. The fourth-order valence-electron chi connectivity index (χ4n) is 2.84. The van der Waals surface area contributed by atoms with E-state index in [0.29, 0.717) is 5.92 Å². The Bertz CT molecular complexity index is 387. The van der Waals surface area contributed by atoms with Gasteiger partial charge in [-0.3, -0.25) is 0 Å². The lowest BCUT2D eigenvalue weighted by atomic mass is 9.74. The third-order valence-corrected chi connectivity index (χ3v) is 4.22. The fourth-order valence-corrected chi connectivity index (χ4v) is 2.84. The van der Waals surface area contributed by atoms with Gasteiger partial charge >= 0.3 is 0 Å². The van der Waals surface area contributed by atoms with Gasteiger partial charge in [-0.2, -0.15) is 0 Å². The van der Waals surface area contributed by atoms with Gasteiger partial charge in [-0.25, -0.2) is 8.78 Å². The fraction of sp³-hybridized carbons (Fsp3) is 0.600. The second-order valence-electron chi connectivity index (χ2n) is 5.59. The number of hydrogen-bond donors (Lipinski definition) is 0. The molecule has 2 heteroatoms. The molecule has 1 aromatic carbocycles. The summed E-state index contributed by atoms with van der Waals surface area (Å²) in [6.07, 6.45) is 4.56. The molecule has 0 aromatic heterocycles. The molecule has 1 saturated carbocycles. The molecule has 2 rings (SSSR count). The molecule has 0 nitrogen and oxygen atoms in total. The summed E-state index contributed by atoms with van der Waals surface area (Å²) in [6.45, 7) is 4.60. The Labute approximate surface area is 102 Å². The van der Waals surface area contributed by atoms with E-state index >= 15 is 0 Å². The molecule has 0 saturated heterocycles. The predicted octanol–water partition coefficient (Wildman–Crippen LogP) is 4.58. The summed E-state index contributed by atoms with van der Waals surface area (Å²) in [7, 11) is 0. The molecule has 1 aliphatic carbocycles. The van der Waals surface area contributed by atoms with Gasteiger partial charge in [0.05, 0.1) is 0 Å². The molecule has 1 fully saturated rings. The normalized spacial score (nSPS) is 29.3. The average molecular weight is 238 g/mol. The molecule has 3 unspecified atom stereocenters. The molecule has 0 heterocycles. The van der Waals surface area contributed by atoms with Crippen molar-refractivity contribution in [3.8, 4) is 0 Å². The molecular formula is C15H20F2. The molecule has 0 radical (unpaired) electrons. The van der Waals surface area contributed by atoms with Crippen LogP contribution in [0.3, 0.4) is 0 Å². The van der Waals surface area contributed by atoms with Gasteiger partial charge in [0.2, 0.25) is 0 Å². The summed E-state index contributed by atoms with van der Waals surface area (Å²) >= 11 is 0. The van der Waals surface area contributed by atoms with E-state index in [2.05, 4.69) is 13.8 Å². The van der Waals surface area contributed by atoms with Crippen LogP contribution in [0, 0.1) is 29.4 Å². The van der Waals surface area contributed by atoms with E-state index in [0.717, 1.165) is 23.8 Å². The highest BCUT2D eigenvalue weighted by molar-refractivity contribution is 5.18. The van der Waals surface area contributed by atoms with E-state index < -0.39 is 11.6 Å². The van der Waals surface area contributed by atoms with Gasteiger partial charge in [-0.05, 0) is 54.7 Å². The molecule has 0 N–H and O–H groups in total. The van der Waals surface area contributed by atoms with Crippen molar-refractivity contribution >= 4 is 0 Å². The summed E-state index contributed by atoms with van der Waals surface area (Å²) in [5.74, 6) is 0.709. The maximum atomic E-state index is 13.1. The van der Waals surface area contributed by atoms with Gasteiger partial charge in [0, 0.05) is 0 Å². The second-order valence-corrected chi connectivity index (χ2v) is 5.59. The van der Waals surface area contributed by atoms with E-state index in [-0.39, 0.29) is 0 Å². The SMILES string of the molecule is CC1CCC(Cc2ccc(F)c(F)c2)CC1C. The zero-order valence-electron chi connectivity index (χ0n) is 10.5. The van der Waals surface area contributed by atoms with Crippen LogP contribution in [0.25, 0.3) is 0 Å². The summed E-state index contributed by atoms with van der Waals surface area (Å²) in [5.41, 5.74) is 0.927. The van der Waals surface area contributed by atoms with Crippen LogP contribution in [0.5, 0.6) is 0 Å². The number of rotatable bonds is 2. The van der Waals surface area contributed by atoms with Crippen LogP contribution >= 0.6 is 0 Å². The molecule has 1 aliphatic rings. The van der Waals surface area contributed by atoms with Crippen molar-refractivity contribution in [1.29, 1.82) is 0 Å². The lowest BCUT2D eigenvalue weighted by Gasteiger charge is -2.32. The predicted molar refractivity (Wildman–Crippen MR) is 65.7 cm³/mol. The van der Waals surface area contributed by atoms with Crippen molar-refractivity contribution in [2.75, 3.05) is 0 Å². The molecule has 0 spiro atoms. The standard InChI is InChI=1S/C15H20F2/c1-10-3-4-12(7-11(10)2)8-13-5-6-14(16)15(17)9-13/h5-6,9-12H,3-4,7-8H2,1-2H3. The first kappa shape index (κ1) is 12.5. The summed E-state index contributed by atoms with van der Waals surface area (Å²) < 4.78 is 25.9. The first-order valence-electron chi connectivity index (χ1n) is 6.50. The smallest absolute Gasteiger partial charge is 0.159 e. The van der Waals surface area contributed by atoms with Crippen molar-refractivity contribution in [2.24, 2.45) is 17.8 Å². The van der Waals surface area contributed by atoms with Crippen molar-refractivity contribution in [3.05, 3.63) is 35.4 Å². The average Bonchev–Trinajstić information content (AvgIpc) is 2.29. The van der Waals surface area contributed by atoms with Gasteiger partial charge in [-0.1, -0.05) is 26.3 Å². The van der Waals surface area contributed by atoms with E-state index in [1.54, 1.807) is 6.07 Å². The van der Waals surface area contributed by atoms with E-state index in [9.17, 15) is 8.78 Å². The second kappa shape index (κ2) is 5.16. The zero-order chi connectivity index (χ0) is 12.4. The quantitative estimate of drug-likeness (QED) is 0.707. The number of hydrogen-bond acceptors (Lipinski definition) is 0. The zero-order valence-corrected chi connectivity index (χ0v) is 10.5. The number of benzene rings is 1. The van der Waals surface area contributed by atoms with E-state index in [1.165, 1.54) is 31.4 Å². The molecule has 0 amide bonds. The molecule has 0 bridgehead atoms. The van der Waals surface area contributed by atoms with Crippen LogP contribution in [0.4, 0.5) is 8.78 Å². The molecule has 0 aliphatic heterocycles. The Kier molecular flexibility index (Phi) is 3.80. The topological polar surface area (TPSA) is 0 Å². The van der Waals surface area contributed by atoms with Crippen LogP contribution in [-0.4, -0.2) is 0 Å². The first-order valence-corrected chi connectivity index (χ1v) is 6.50. The van der Waals surface area contributed by atoms with Gasteiger partial charge in [0.25, 0.3) is 0 Å². The van der Waals surface area contributed by atoms with Gasteiger partial charge in [0.15, 0.2) is 11.6 Å². The Morgan fingerprint density at radius 1 is 1.06 bits per heavy atom. The minimum atomic E-state index is -0.751. The van der Waals surface area contributed by atoms with Crippen LogP contribution in [0.15, 0.2) is 18.2 Å². The maximum absolute atomic E-state index is 13.1. The summed E-state index contributed by atoms with van der Waals surface area (Å²) in [5, 5.41) is 0. The largest absolute Gasteiger partial charge is 0.204 e. The molecule has 94 valence electrons. The summed E-state index contributed by atoms with van der Waals surface area (Å²) in [6, 6.07) is 4.29. The minimum Gasteiger partial charge on any atom is -0.204 e. The first-order chi connectivity index (χ1) is 8.06. The third-order valence-electron chi connectivity index (χ3n) is 4.22. The van der Waals surface area contributed by atoms with E-state index in [1.807, 2.05) is 0 Å². The van der Waals surface area contributed by atoms with Crippen molar-refractivity contribution in [3.63, 3.8) is 0 Å². The Hall–Kier alpha value is -0.920. The van der Waals surface area contributed by atoms with Gasteiger partial charge in [0.1, 0.15) is 0 Å². The van der Waals surface area contributed by atoms with Crippen LogP contribution < -0.4 is 0 Å². The highest BCUT2D eigenvalue weighted by Crippen LogP contribution is 2.35. The van der Waals surface area contributed by atoms with Crippen LogP contribution in [-0.2, 0) is 6.42 Å². The molecule has 3 atom stereocenters. The highest BCUT2D eigenvalue weighted by atomic mass is 19.2. The van der Waals surface area contributed by atoms with Gasteiger partial charge in [-0.15, -0.1) is 0 Å². The van der Waals surface area contributed by atoms with Crippen molar-refractivity contribution < 1.29 is 8.78 Å². The lowest BCUT2D eigenvalue weighted by Crippen LogP contribution is -2.22. The van der Waals surface area contributed by atoms with Crippen molar-refractivity contribution in [1.82, 2.24) is 0 Å². The Morgan fingerprint density at radius 3 is 2.47 bits per heavy atom. The Morgan fingerprint density at radius 2 is 1.82 bits per heavy atom. The third kappa shape index (κ3) is 3.05. The Balaban J connectivity index is 1.99. The van der Waals surface area contributed by atoms with Gasteiger partial charge < -0.3 is 0 Å². The van der Waals surface area contributed by atoms with Crippen molar-refractivity contribution in [2.45, 2.75) is 39.5 Å². The minimum absolute atomic E-state index is 0.631. The van der Waals surface area contributed by atoms with Crippen LogP contribution in [0.1, 0.15) is 38.7 Å². The lowest BCUT2D eigenvalue weighted by molar-refractivity contribution is 0.207. The number of halogens is 2. The monoisotopic (exact) mass is 238 g/mol. The van der Waals surface area contributed by atoms with E-state index in [4.69, 9.17) is 0 Å². The summed E-state index contributed by atoms with van der Waals surface area (Å²) in [4.78, 5) is 0. The maximum Gasteiger partial charge on any atom is 0.159 e.